The van der Waals surface area contributed by atoms with E-state index in [0.29, 0.717) is 18.7 Å². The molecule has 7 atom stereocenters. The fourth-order valence-corrected chi connectivity index (χ4v) is 10.7. The Kier molecular flexibility index (Phi) is 10.0. The van der Waals surface area contributed by atoms with Gasteiger partial charge in [-0.25, -0.2) is 13.4 Å². The maximum absolute atomic E-state index is 14.9. The third-order valence-electron chi connectivity index (χ3n) is 12.7. The Morgan fingerprint density at radius 1 is 0.981 bits per heavy atom. The van der Waals surface area contributed by atoms with Crippen LogP contribution in [0.25, 0.3) is 16.8 Å². The molecule has 2 aromatic rings. The molecule has 3 amide bonds. The van der Waals surface area contributed by atoms with Gasteiger partial charge in [-0.15, -0.1) is 6.58 Å². The number of hydrogen-bond acceptors (Lipinski definition) is 9. The van der Waals surface area contributed by atoms with E-state index in [1.807, 2.05) is 24.3 Å². The third-order valence-corrected chi connectivity index (χ3v) is 14.5. The zero-order valence-electron chi connectivity index (χ0n) is 30.6. The molecule has 1 aromatic carbocycles. The van der Waals surface area contributed by atoms with E-state index < -0.39 is 62.6 Å². The summed E-state index contributed by atoms with van der Waals surface area (Å²) in [6, 6.07) is 6.93. The standard InChI is InChI=1S/C41H50N4O8S/c1-2-29-23-41(29,40(49)44-54(50,51)31-16-17-31)43-37(47)34-21-30-24-45(34)39(48)33(26-9-4-3-5-10-26)22-36(46)53-35-13-7-12-28(35)11-6-8-25-14-15-27-18-19-42-38(52-30)32(27)20-25/h2,6,8,14-15,18-20,26,28-31,33-35H,1,3-5,7,9-13,16-17,21-24H2,(H,43,47)(H,44,49)/b8-6+/t28-,29-,30?,33+,34+,35-,41-/m1/s1. The Balaban J connectivity index is 1.13. The molecule has 2 N–H and O–H groups in total. The Morgan fingerprint density at radius 2 is 1.78 bits per heavy atom. The monoisotopic (exact) mass is 758 g/mol. The molecule has 2 aliphatic heterocycles. The highest BCUT2D eigenvalue weighted by atomic mass is 32.2. The first-order chi connectivity index (χ1) is 26.0. The SMILES string of the molecule is C=C[C@@H]1C[C@]1(NC(=O)[C@@H]1CC2CN1C(=O)[C@H](C1CCCCC1)CC(=O)O[C@@H]1CCC[C@H]1C/C=C/c1ccc3ccnc(c3c1)O2)C(=O)NS(=O)(=O)C1CC1. The fourth-order valence-electron chi connectivity index (χ4n) is 9.32. The molecule has 6 aliphatic rings. The van der Waals surface area contributed by atoms with Crippen molar-refractivity contribution in [1.82, 2.24) is 19.9 Å². The van der Waals surface area contributed by atoms with E-state index >= 15 is 0 Å². The lowest BCUT2D eigenvalue weighted by atomic mass is 9.77. The van der Waals surface area contributed by atoms with Crippen LogP contribution in [-0.2, 0) is 33.9 Å². The summed E-state index contributed by atoms with van der Waals surface area (Å²) in [5.41, 5.74) is -0.538. The van der Waals surface area contributed by atoms with Crippen LogP contribution in [0.3, 0.4) is 0 Å². The van der Waals surface area contributed by atoms with Gasteiger partial charge in [0.25, 0.3) is 5.91 Å². The number of fused-ring (bicyclic) bond motifs is 4. The minimum atomic E-state index is -3.87. The molecule has 13 heteroatoms. The van der Waals surface area contributed by atoms with E-state index in [1.165, 1.54) is 4.90 Å². The van der Waals surface area contributed by atoms with Gasteiger partial charge in [0.15, 0.2) is 0 Å². The largest absolute Gasteiger partial charge is 0.472 e. The summed E-state index contributed by atoms with van der Waals surface area (Å²) in [7, 11) is -3.87. The van der Waals surface area contributed by atoms with Gasteiger partial charge in [0.2, 0.25) is 27.7 Å². The van der Waals surface area contributed by atoms with Crippen molar-refractivity contribution in [1.29, 1.82) is 0 Å². The second kappa shape index (κ2) is 14.8. The van der Waals surface area contributed by atoms with Crippen molar-refractivity contribution in [2.75, 3.05) is 6.54 Å². The number of amides is 3. The van der Waals surface area contributed by atoms with Crippen molar-refractivity contribution < 1.29 is 37.1 Å². The first-order valence-corrected chi connectivity index (χ1v) is 21.3. The predicted molar refractivity (Wildman–Crippen MR) is 201 cm³/mol. The van der Waals surface area contributed by atoms with Crippen molar-refractivity contribution >= 4 is 50.6 Å². The van der Waals surface area contributed by atoms with Crippen LogP contribution in [-0.4, -0.2) is 77.6 Å². The summed E-state index contributed by atoms with van der Waals surface area (Å²) in [5.74, 6) is -2.73. The van der Waals surface area contributed by atoms with Crippen LogP contribution >= 0.6 is 0 Å². The van der Waals surface area contributed by atoms with Crippen LogP contribution < -0.4 is 14.8 Å². The number of benzene rings is 1. The molecule has 5 fully saturated rings. The Bertz CT molecular complexity index is 1970. The number of ether oxygens (including phenoxy) is 2. The summed E-state index contributed by atoms with van der Waals surface area (Å²) in [4.78, 5) is 62.8. The van der Waals surface area contributed by atoms with Crippen molar-refractivity contribution in [3.63, 3.8) is 0 Å². The molecule has 1 unspecified atom stereocenters. The quantitative estimate of drug-likeness (QED) is 0.294. The summed E-state index contributed by atoms with van der Waals surface area (Å²) < 4.78 is 40.4. The van der Waals surface area contributed by atoms with Gasteiger partial charge in [-0.05, 0) is 92.7 Å². The number of rotatable bonds is 7. The molecule has 4 saturated carbocycles. The van der Waals surface area contributed by atoms with Crippen LogP contribution in [0.4, 0.5) is 0 Å². The molecule has 8 rings (SSSR count). The fraction of sp³-hybridized carbons (Fsp3) is 0.585. The summed E-state index contributed by atoms with van der Waals surface area (Å²) >= 11 is 0. The molecular formula is C41H50N4O8S. The molecule has 54 heavy (non-hydrogen) atoms. The van der Waals surface area contributed by atoms with Crippen LogP contribution in [0.15, 0.2) is 49.2 Å². The Labute approximate surface area is 316 Å². The van der Waals surface area contributed by atoms with E-state index in [9.17, 15) is 27.6 Å². The van der Waals surface area contributed by atoms with Gasteiger partial charge in [0.1, 0.15) is 23.8 Å². The number of sulfonamides is 1. The summed E-state index contributed by atoms with van der Waals surface area (Å²) in [6.07, 6.45) is 15.8. The van der Waals surface area contributed by atoms with Gasteiger partial charge in [-0.2, -0.15) is 0 Å². The predicted octanol–water partition coefficient (Wildman–Crippen LogP) is 4.97. The van der Waals surface area contributed by atoms with Crippen molar-refractivity contribution in [3.05, 3.63) is 54.8 Å². The van der Waals surface area contributed by atoms with E-state index in [1.54, 1.807) is 12.3 Å². The first kappa shape index (κ1) is 36.7. The third kappa shape index (κ3) is 7.40. The number of nitrogens with zero attached hydrogens (tertiary/aromatic N) is 2. The lowest BCUT2D eigenvalue weighted by Crippen LogP contribution is -2.57. The van der Waals surface area contributed by atoms with E-state index in [4.69, 9.17) is 9.47 Å². The molecule has 0 spiro atoms. The lowest BCUT2D eigenvalue weighted by Gasteiger charge is -2.34. The second-order valence-electron chi connectivity index (χ2n) is 16.3. The van der Waals surface area contributed by atoms with E-state index in [2.05, 4.69) is 33.8 Å². The molecule has 12 nitrogen and oxygen atoms in total. The highest BCUT2D eigenvalue weighted by Gasteiger charge is 2.62. The highest BCUT2D eigenvalue weighted by molar-refractivity contribution is 7.91. The number of nitrogens with one attached hydrogen (secondary N) is 2. The Hall–Kier alpha value is -4.26. The molecule has 1 saturated heterocycles. The summed E-state index contributed by atoms with van der Waals surface area (Å²) in [6.45, 7) is 3.88. The van der Waals surface area contributed by atoms with E-state index in [0.717, 1.165) is 74.1 Å². The van der Waals surface area contributed by atoms with Gasteiger partial charge >= 0.3 is 5.97 Å². The van der Waals surface area contributed by atoms with Crippen LogP contribution in [0.1, 0.15) is 95.5 Å². The molecule has 1 aromatic heterocycles. The number of carbonyl (C=O) groups is 4. The van der Waals surface area contributed by atoms with Gasteiger partial charge in [-0.3, -0.25) is 23.9 Å². The maximum atomic E-state index is 14.9. The smallest absolute Gasteiger partial charge is 0.306 e. The van der Waals surface area contributed by atoms with Gasteiger partial charge < -0.3 is 19.7 Å². The molecule has 4 bridgehead atoms. The number of allylic oxidation sites excluding steroid dienone is 1. The second-order valence-corrected chi connectivity index (χ2v) is 18.3. The molecule has 4 aliphatic carbocycles. The number of carbonyl (C=O) groups excluding carboxylic acids is 4. The van der Waals surface area contributed by atoms with Gasteiger partial charge in [0, 0.05) is 23.9 Å². The van der Waals surface area contributed by atoms with Gasteiger partial charge in [0.05, 0.1) is 24.1 Å². The van der Waals surface area contributed by atoms with E-state index in [-0.39, 0.29) is 49.7 Å². The van der Waals surface area contributed by atoms with Crippen molar-refractivity contribution in [2.24, 2.45) is 23.7 Å². The molecule has 288 valence electrons. The number of aromatic nitrogens is 1. The lowest BCUT2D eigenvalue weighted by molar-refractivity contribution is -0.157. The normalized spacial score (nSPS) is 32.5. The Morgan fingerprint density at radius 3 is 2.54 bits per heavy atom. The maximum Gasteiger partial charge on any atom is 0.306 e. The van der Waals surface area contributed by atoms with Crippen molar-refractivity contribution in [3.8, 4) is 5.88 Å². The number of hydrogen-bond donors (Lipinski definition) is 2. The molecular weight excluding hydrogens is 709 g/mol. The highest BCUT2D eigenvalue weighted by Crippen LogP contribution is 2.46. The van der Waals surface area contributed by atoms with Gasteiger partial charge in [-0.1, -0.05) is 49.6 Å². The van der Waals surface area contributed by atoms with Crippen LogP contribution in [0.2, 0.25) is 0 Å². The number of esters is 1. The van der Waals surface area contributed by atoms with Crippen LogP contribution in [0.5, 0.6) is 5.88 Å². The molecule has 3 heterocycles. The topological polar surface area (TPSA) is 161 Å². The molecule has 0 radical (unpaired) electrons. The van der Waals surface area contributed by atoms with Crippen molar-refractivity contribution in [2.45, 2.75) is 119 Å². The first-order valence-electron chi connectivity index (χ1n) is 19.8. The number of pyridine rings is 1. The minimum Gasteiger partial charge on any atom is -0.472 e. The zero-order valence-corrected chi connectivity index (χ0v) is 31.4. The zero-order chi connectivity index (χ0) is 37.6. The average Bonchev–Trinajstić information content (AvgIpc) is 4.06. The average molecular weight is 759 g/mol. The summed E-state index contributed by atoms with van der Waals surface area (Å²) in [5, 5.41) is 4.00. The minimum absolute atomic E-state index is 0.0492. The van der Waals surface area contributed by atoms with Crippen LogP contribution in [0, 0.1) is 23.7 Å².